The number of aromatic amines is 1. The van der Waals surface area contributed by atoms with Crippen molar-refractivity contribution in [2.45, 2.75) is 6.92 Å². The highest BCUT2D eigenvalue weighted by molar-refractivity contribution is 9.10. The van der Waals surface area contributed by atoms with Crippen LogP contribution in [0.1, 0.15) is 5.69 Å². The van der Waals surface area contributed by atoms with Crippen LogP contribution in [-0.2, 0) is 0 Å². The predicted octanol–water partition coefficient (Wildman–Crippen LogP) is 3.50. The van der Waals surface area contributed by atoms with Crippen molar-refractivity contribution in [1.82, 2.24) is 9.97 Å². The van der Waals surface area contributed by atoms with Crippen molar-refractivity contribution in [3.05, 3.63) is 40.1 Å². The van der Waals surface area contributed by atoms with Crippen LogP contribution >= 0.6 is 15.9 Å². The van der Waals surface area contributed by atoms with E-state index in [9.17, 15) is 8.78 Å². The maximum atomic E-state index is 13.4. The van der Waals surface area contributed by atoms with Gasteiger partial charge in [-0.1, -0.05) is 0 Å². The molecule has 0 saturated heterocycles. The van der Waals surface area contributed by atoms with E-state index in [1.165, 1.54) is 0 Å². The van der Waals surface area contributed by atoms with E-state index < -0.39 is 11.6 Å². The first-order chi connectivity index (χ1) is 7.56. The molecular formula is C10H8BrF2N3. The standard InChI is InChI=1S/C10H8BrF2N3/c1-5-4-14-10(15-5)16-9-3-7(12)6(11)2-8(9)13/h2-4H,1H3,(H2,14,15,16). The van der Waals surface area contributed by atoms with E-state index in [0.29, 0.717) is 5.95 Å². The average Bonchev–Trinajstić information content (AvgIpc) is 2.60. The molecule has 0 amide bonds. The van der Waals surface area contributed by atoms with Gasteiger partial charge in [-0.3, -0.25) is 0 Å². The predicted molar refractivity (Wildman–Crippen MR) is 60.7 cm³/mol. The molecule has 3 nitrogen and oxygen atoms in total. The number of hydrogen-bond donors (Lipinski definition) is 2. The first kappa shape index (κ1) is 11.1. The van der Waals surface area contributed by atoms with Gasteiger partial charge in [0.25, 0.3) is 0 Å². The van der Waals surface area contributed by atoms with Crippen LogP contribution in [0, 0.1) is 18.6 Å². The molecule has 2 N–H and O–H groups in total. The number of nitrogens with one attached hydrogen (secondary N) is 2. The minimum atomic E-state index is -0.553. The van der Waals surface area contributed by atoms with Gasteiger partial charge in [0.1, 0.15) is 11.6 Å². The van der Waals surface area contributed by atoms with Crippen molar-refractivity contribution >= 4 is 27.6 Å². The Hall–Kier alpha value is -1.43. The van der Waals surface area contributed by atoms with Gasteiger partial charge in [-0.25, -0.2) is 13.8 Å². The molecule has 0 atom stereocenters. The fourth-order valence-corrected chi connectivity index (χ4v) is 1.54. The molecule has 84 valence electrons. The van der Waals surface area contributed by atoms with E-state index in [1.54, 1.807) is 6.20 Å². The van der Waals surface area contributed by atoms with Gasteiger partial charge in [-0.2, -0.15) is 0 Å². The summed E-state index contributed by atoms with van der Waals surface area (Å²) in [6.07, 6.45) is 1.59. The fraction of sp³-hybridized carbons (Fsp3) is 0.100. The summed E-state index contributed by atoms with van der Waals surface area (Å²) in [5.41, 5.74) is 0.871. The lowest BCUT2D eigenvalue weighted by Gasteiger charge is -2.05. The van der Waals surface area contributed by atoms with Crippen molar-refractivity contribution in [3.63, 3.8) is 0 Å². The molecular weight excluding hydrogens is 280 g/mol. The van der Waals surface area contributed by atoms with Gasteiger partial charge in [0.2, 0.25) is 5.95 Å². The van der Waals surface area contributed by atoms with Crippen LogP contribution < -0.4 is 5.32 Å². The van der Waals surface area contributed by atoms with Crippen LogP contribution in [0.2, 0.25) is 0 Å². The Bertz CT molecular complexity index is 525. The number of aromatic nitrogens is 2. The number of nitrogens with zero attached hydrogens (tertiary/aromatic N) is 1. The largest absolute Gasteiger partial charge is 0.328 e. The van der Waals surface area contributed by atoms with Crippen LogP contribution in [0.3, 0.4) is 0 Å². The maximum absolute atomic E-state index is 13.4. The zero-order chi connectivity index (χ0) is 11.7. The molecule has 0 radical (unpaired) electrons. The second-order valence-electron chi connectivity index (χ2n) is 3.29. The van der Waals surface area contributed by atoms with Crippen molar-refractivity contribution in [2.75, 3.05) is 5.32 Å². The molecule has 0 saturated carbocycles. The van der Waals surface area contributed by atoms with Crippen LogP contribution in [0.15, 0.2) is 22.8 Å². The van der Waals surface area contributed by atoms with Crippen molar-refractivity contribution in [3.8, 4) is 0 Å². The lowest BCUT2D eigenvalue weighted by Crippen LogP contribution is -1.97. The van der Waals surface area contributed by atoms with Crippen LogP contribution in [0.4, 0.5) is 20.4 Å². The third-order valence-electron chi connectivity index (χ3n) is 1.97. The first-order valence-electron chi connectivity index (χ1n) is 4.49. The second kappa shape index (κ2) is 4.21. The number of halogens is 3. The summed E-state index contributed by atoms with van der Waals surface area (Å²) in [6, 6.07) is 2.13. The smallest absolute Gasteiger partial charge is 0.204 e. The van der Waals surface area contributed by atoms with Crippen LogP contribution in [0.25, 0.3) is 0 Å². The van der Waals surface area contributed by atoms with Gasteiger partial charge in [0.05, 0.1) is 10.2 Å². The third-order valence-corrected chi connectivity index (χ3v) is 2.57. The van der Waals surface area contributed by atoms with E-state index in [0.717, 1.165) is 17.8 Å². The topological polar surface area (TPSA) is 40.7 Å². The minimum absolute atomic E-state index is 0.0371. The Balaban J connectivity index is 2.31. The monoisotopic (exact) mass is 287 g/mol. The van der Waals surface area contributed by atoms with Crippen molar-refractivity contribution < 1.29 is 8.78 Å². The van der Waals surface area contributed by atoms with E-state index in [2.05, 4.69) is 31.2 Å². The molecule has 2 aromatic rings. The molecule has 1 heterocycles. The highest BCUT2D eigenvalue weighted by Gasteiger charge is 2.09. The average molecular weight is 288 g/mol. The number of imidazole rings is 1. The summed E-state index contributed by atoms with van der Waals surface area (Å²) >= 11 is 2.90. The fourth-order valence-electron chi connectivity index (χ4n) is 1.22. The number of benzene rings is 1. The zero-order valence-electron chi connectivity index (χ0n) is 8.31. The first-order valence-corrected chi connectivity index (χ1v) is 5.29. The van der Waals surface area contributed by atoms with E-state index in [-0.39, 0.29) is 10.2 Å². The summed E-state index contributed by atoms with van der Waals surface area (Å²) in [4.78, 5) is 6.80. The number of H-pyrrole nitrogens is 1. The number of hydrogen-bond acceptors (Lipinski definition) is 2. The summed E-state index contributed by atoms with van der Waals surface area (Å²) in [6.45, 7) is 1.82. The van der Waals surface area contributed by atoms with Crippen LogP contribution in [-0.4, -0.2) is 9.97 Å². The molecule has 0 spiro atoms. The molecule has 0 aliphatic carbocycles. The number of aryl methyl sites for hydroxylation is 1. The highest BCUT2D eigenvalue weighted by atomic mass is 79.9. The molecule has 0 aliphatic rings. The molecule has 6 heteroatoms. The number of rotatable bonds is 2. The molecule has 0 bridgehead atoms. The molecule has 16 heavy (non-hydrogen) atoms. The lowest BCUT2D eigenvalue weighted by atomic mass is 10.3. The zero-order valence-corrected chi connectivity index (χ0v) is 9.90. The Morgan fingerprint density at radius 3 is 2.69 bits per heavy atom. The van der Waals surface area contributed by atoms with Gasteiger partial charge in [-0.15, -0.1) is 0 Å². The molecule has 0 fully saturated rings. The molecule has 1 aromatic carbocycles. The molecule has 2 rings (SSSR count). The Morgan fingerprint density at radius 2 is 2.06 bits per heavy atom. The normalized spacial score (nSPS) is 10.5. The van der Waals surface area contributed by atoms with Crippen LogP contribution in [0.5, 0.6) is 0 Å². The van der Waals surface area contributed by atoms with Gasteiger partial charge in [-0.05, 0) is 28.9 Å². The highest BCUT2D eigenvalue weighted by Crippen LogP contribution is 2.25. The lowest BCUT2D eigenvalue weighted by molar-refractivity contribution is 0.597. The Morgan fingerprint density at radius 1 is 1.31 bits per heavy atom. The van der Waals surface area contributed by atoms with Crippen molar-refractivity contribution in [2.24, 2.45) is 0 Å². The summed E-state index contributed by atoms with van der Waals surface area (Å²) < 4.78 is 26.7. The molecule has 1 aromatic heterocycles. The number of anilines is 2. The Kier molecular flexibility index (Phi) is 2.91. The van der Waals surface area contributed by atoms with Crippen molar-refractivity contribution in [1.29, 1.82) is 0 Å². The minimum Gasteiger partial charge on any atom is -0.328 e. The molecule has 0 unspecified atom stereocenters. The van der Waals surface area contributed by atoms with Gasteiger partial charge in [0, 0.05) is 18.0 Å². The van der Waals surface area contributed by atoms with E-state index >= 15 is 0 Å². The maximum Gasteiger partial charge on any atom is 0.204 e. The second-order valence-corrected chi connectivity index (χ2v) is 4.14. The summed E-state index contributed by atoms with van der Waals surface area (Å²) in [5, 5.41) is 2.66. The van der Waals surface area contributed by atoms with Gasteiger partial charge >= 0.3 is 0 Å². The van der Waals surface area contributed by atoms with E-state index in [1.807, 2.05) is 6.92 Å². The quantitative estimate of drug-likeness (QED) is 0.830. The summed E-state index contributed by atoms with van der Waals surface area (Å²) in [7, 11) is 0. The Labute approximate surface area is 99.0 Å². The SMILES string of the molecule is Cc1cnc(Nc2cc(F)c(Br)cc2F)[nH]1. The van der Waals surface area contributed by atoms with Gasteiger partial charge in [0.15, 0.2) is 0 Å². The molecule has 0 aliphatic heterocycles. The van der Waals surface area contributed by atoms with E-state index in [4.69, 9.17) is 0 Å². The summed E-state index contributed by atoms with van der Waals surface area (Å²) in [5.74, 6) is -0.715. The third kappa shape index (κ3) is 2.21. The van der Waals surface area contributed by atoms with Gasteiger partial charge < -0.3 is 10.3 Å².